The van der Waals surface area contributed by atoms with Crippen molar-refractivity contribution in [2.45, 2.75) is 35.9 Å². The highest BCUT2D eigenvalue weighted by atomic mass is 32.2. The molecule has 0 aromatic heterocycles. The summed E-state index contributed by atoms with van der Waals surface area (Å²) in [5.74, 6) is -0.00496. The van der Waals surface area contributed by atoms with Crippen LogP contribution in [0.4, 0.5) is 5.69 Å². The molecule has 2 aromatic carbocycles. The normalized spacial score (nSPS) is 18.6. The summed E-state index contributed by atoms with van der Waals surface area (Å²) in [6.07, 6.45) is 0.802. The molecule has 1 heterocycles. The van der Waals surface area contributed by atoms with Crippen LogP contribution >= 0.6 is 11.8 Å². The van der Waals surface area contributed by atoms with E-state index in [4.69, 9.17) is 4.74 Å². The topological polar surface area (TPSA) is 114 Å². The average Bonchev–Trinajstić information content (AvgIpc) is 2.79. The first-order chi connectivity index (χ1) is 15.3. The van der Waals surface area contributed by atoms with Crippen LogP contribution < -0.4 is 20.7 Å². The van der Waals surface area contributed by atoms with Gasteiger partial charge in [-0.3, -0.25) is 14.9 Å². The summed E-state index contributed by atoms with van der Waals surface area (Å²) < 4.78 is 31.1. The van der Waals surface area contributed by atoms with Gasteiger partial charge in [-0.25, -0.2) is 8.42 Å². The third kappa shape index (κ3) is 6.02. The summed E-state index contributed by atoms with van der Waals surface area (Å²) in [5, 5.41) is 7.19. The van der Waals surface area contributed by atoms with Gasteiger partial charge in [0.1, 0.15) is 11.2 Å². The van der Waals surface area contributed by atoms with E-state index >= 15 is 0 Å². The largest absolute Gasteiger partial charge is 0.494 e. The maximum Gasteiger partial charge on any atom is 0.241 e. The molecule has 10 heteroatoms. The summed E-state index contributed by atoms with van der Waals surface area (Å²) in [4.78, 5) is 24.8. The highest BCUT2D eigenvalue weighted by molar-refractivity contribution is 8.00. The van der Waals surface area contributed by atoms with Gasteiger partial charge in [-0.15, -0.1) is 11.8 Å². The zero-order valence-electron chi connectivity index (χ0n) is 18.0. The van der Waals surface area contributed by atoms with Gasteiger partial charge in [-0.1, -0.05) is 19.1 Å². The van der Waals surface area contributed by atoms with Gasteiger partial charge >= 0.3 is 0 Å². The maximum atomic E-state index is 12.9. The Morgan fingerprint density at radius 3 is 2.41 bits per heavy atom. The lowest BCUT2D eigenvalue weighted by atomic mass is 10.2. The molecule has 0 saturated carbocycles. The predicted molar refractivity (Wildman–Crippen MR) is 125 cm³/mol. The van der Waals surface area contributed by atoms with Gasteiger partial charge < -0.3 is 15.4 Å². The molecule has 8 nitrogen and oxygen atoms in total. The number of anilines is 1. The minimum Gasteiger partial charge on any atom is -0.494 e. The Labute approximate surface area is 192 Å². The van der Waals surface area contributed by atoms with Crippen LogP contribution in [-0.4, -0.2) is 49.9 Å². The molecule has 172 valence electrons. The zero-order chi connectivity index (χ0) is 23.1. The van der Waals surface area contributed by atoms with Crippen molar-refractivity contribution in [1.82, 2.24) is 10.6 Å². The van der Waals surface area contributed by atoms with E-state index in [1.807, 2.05) is 13.8 Å². The Morgan fingerprint density at radius 2 is 1.81 bits per heavy atom. The standard InChI is InChI=1S/C22H27N3O5S2/c1-3-15-5-11-18(12-6-15)32(28,29)19-13-23-22(25-21(19)27)31-14-20(26)24-16-7-9-17(10-8-16)30-4-2/h5-12,19,22-23H,3-4,13-14H2,1-2H3,(H,24,26)(H,25,27). The smallest absolute Gasteiger partial charge is 0.241 e. The van der Waals surface area contributed by atoms with E-state index in [-0.39, 0.29) is 23.1 Å². The lowest BCUT2D eigenvalue weighted by Crippen LogP contribution is -2.59. The quantitative estimate of drug-likeness (QED) is 0.507. The Hall–Kier alpha value is -2.56. The van der Waals surface area contributed by atoms with Crippen molar-refractivity contribution in [3.05, 3.63) is 54.1 Å². The first-order valence-electron chi connectivity index (χ1n) is 10.3. The van der Waals surface area contributed by atoms with Crippen molar-refractivity contribution in [3.63, 3.8) is 0 Å². The molecule has 0 radical (unpaired) electrons. The number of rotatable bonds is 9. The number of aryl methyl sites for hydroxylation is 1. The number of hydrogen-bond acceptors (Lipinski definition) is 7. The van der Waals surface area contributed by atoms with Crippen molar-refractivity contribution < 1.29 is 22.7 Å². The van der Waals surface area contributed by atoms with E-state index < -0.39 is 26.5 Å². The second-order valence-electron chi connectivity index (χ2n) is 7.14. The second kappa shape index (κ2) is 10.8. The molecule has 32 heavy (non-hydrogen) atoms. The number of sulfone groups is 1. The predicted octanol–water partition coefficient (Wildman–Crippen LogP) is 2.16. The minimum atomic E-state index is -3.81. The first-order valence-corrected chi connectivity index (χ1v) is 12.9. The second-order valence-corrected chi connectivity index (χ2v) is 10.4. The van der Waals surface area contributed by atoms with Gasteiger partial charge in [-0.2, -0.15) is 0 Å². The minimum absolute atomic E-state index is 0.0259. The third-order valence-electron chi connectivity index (χ3n) is 4.92. The molecule has 3 rings (SSSR count). The van der Waals surface area contributed by atoms with Gasteiger partial charge in [0.2, 0.25) is 11.8 Å². The molecule has 2 aromatic rings. The van der Waals surface area contributed by atoms with Crippen LogP contribution in [0.5, 0.6) is 5.75 Å². The zero-order valence-corrected chi connectivity index (χ0v) is 19.6. The van der Waals surface area contributed by atoms with Gasteiger partial charge in [-0.05, 0) is 55.3 Å². The Morgan fingerprint density at radius 1 is 1.12 bits per heavy atom. The fraction of sp³-hybridized carbons (Fsp3) is 0.364. The number of carbonyl (C=O) groups excluding carboxylic acids is 2. The number of amides is 2. The van der Waals surface area contributed by atoms with Crippen LogP contribution in [-0.2, 0) is 25.8 Å². The van der Waals surface area contributed by atoms with Gasteiger partial charge in [0.05, 0.1) is 17.3 Å². The molecular formula is C22H27N3O5S2. The van der Waals surface area contributed by atoms with Crippen molar-refractivity contribution in [3.8, 4) is 5.75 Å². The van der Waals surface area contributed by atoms with E-state index in [1.165, 1.54) is 23.9 Å². The number of thioether (sulfide) groups is 1. The van der Waals surface area contributed by atoms with Crippen LogP contribution in [0.1, 0.15) is 19.4 Å². The van der Waals surface area contributed by atoms with Gasteiger partial charge in [0, 0.05) is 12.2 Å². The average molecular weight is 478 g/mol. The monoisotopic (exact) mass is 477 g/mol. The van der Waals surface area contributed by atoms with Crippen LogP contribution in [0.3, 0.4) is 0 Å². The van der Waals surface area contributed by atoms with Gasteiger partial charge in [0.15, 0.2) is 15.1 Å². The number of ether oxygens (including phenoxy) is 1. The number of carbonyl (C=O) groups is 2. The number of benzene rings is 2. The third-order valence-corrected chi connectivity index (χ3v) is 8.03. The summed E-state index contributed by atoms with van der Waals surface area (Å²) in [6.45, 7) is 4.42. The van der Waals surface area contributed by atoms with Crippen molar-refractivity contribution in [1.29, 1.82) is 0 Å². The molecule has 0 bridgehead atoms. The first kappa shape index (κ1) is 24.1. The molecule has 2 atom stereocenters. The van der Waals surface area contributed by atoms with Gasteiger partial charge in [0.25, 0.3) is 0 Å². The van der Waals surface area contributed by atoms with Crippen LogP contribution in [0.15, 0.2) is 53.4 Å². The van der Waals surface area contributed by atoms with Crippen molar-refractivity contribution in [2.75, 3.05) is 24.2 Å². The number of hydrogen-bond donors (Lipinski definition) is 3. The molecule has 1 aliphatic rings. The summed E-state index contributed by atoms with van der Waals surface area (Å²) in [6, 6.07) is 13.6. The Kier molecular flexibility index (Phi) is 8.16. The van der Waals surface area contributed by atoms with Crippen molar-refractivity contribution >= 4 is 39.1 Å². The molecule has 0 spiro atoms. The fourth-order valence-corrected chi connectivity index (χ4v) is 5.48. The molecule has 2 unspecified atom stereocenters. The van der Waals surface area contributed by atoms with Crippen LogP contribution in [0.2, 0.25) is 0 Å². The molecule has 1 aliphatic heterocycles. The van der Waals surface area contributed by atoms with E-state index in [0.29, 0.717) is 12.3 Å². The number of nitrogens with one attached hydrogen (secondary N) is 3. The highest BCUT2D eigenvalue weighted by Gasteiger charge is 2.38. The molecule has 0 aliphatic carbocycles. The van der Waals surface area contributed by atoms with E-state index in [0.717, 1.165) is 17.7 Å². The summed E-state index contributed by atoms with van der Waals surface area (Å²) >= 11 is 1.18. The Bertz CT molecular complexity index is 1040. The Balaban J connectivity index is 1.50. The lowest BCUT2D eigenvalue weighted by molar-refractivity contribution is -0.122. The van der Waals surface area contributed by atoms with Crippen molar-refractivity contribution in [2.24, 2.45) is 0 Å². The SMILES string of the molecule is CCOc1ccc(NC(=O)CSC2NCC(S(=O)(=O)c3ccc(CC)cc3)C(=O)N2)cc1. The maximum absolute atomic E-state index is 12.9. The van der Waals surface area contributed by atoms with Crippen LogP contribution in [0.25, 0.3) is 0 Å². The summed E-state index contributed by atoms with van der Waals surface area (Å²) in [5.41, 5.74) is 1.11. The highest BCUT2D eigenvalue weighted by Crippen LogP contribution is 2.21. The van der Waals surface area contributed by atoms with E-state index in [1.54, 1.807) is 36.4 Å². The summed E-state index contributed by atoms with van der Waals surface area (Å²) in [7, 11) is -3.81. The molecule has 3 N–H and O–H groups in total. The molecule has 2 amide bonds. The molecule has 1 fully saturated rings. The molecular weight excluding hydrogens is 450 g/mol. The van der Waals surface area contributed by atoms with E-state index in [2.05, 4.69) is 16.0 Å². The van der Waals surface area contributed by atoms with Crippen LogP contribution in [0, 0.1) is 0 Å². The molecule has 1 saturated heterocycles. The fourth-order valence-electron chi connectivity index (χ4n) is 3.17. The van der Waals surface area contributed by atoms with E-state index in [9.17, 15) is 18.0 Å². The lowest BCUT2D eigenvalue weighted by Gasteiger charge is -2.29.